The predicted molar refractivity (Wildman–Crippen MR) is 105 cm³/mol. The van der Waals surface area contributed by atoms with E-state index in [1.165, 1.54) is 19.1 Å². The Bertz CT molecular complexity index is 929. The quantitative estimate of drug-likeness (QED) is 0.643. The number of ether oxygens (including phenoxy) is 1. The van der Waals surface area contributed by atoms with Crippen molar-refractivity contribution in [1.82, 2.24) is 0 Å². The lowest BCUT2D eigenvalue weighted by Gasteiger charge is -2.62. The molecule has 170 valence electrons. The number of aliphatic hydroxyl groups excluding tert-OH is 1. The molecular weight excluding hydrogens is 410 g/mol. The van der Waals surface area contributed by atoms with Crippen LogP contribution in [-0.4, -0.2) is 51.5 Å². The van der Waals surface area contributed by atoms with Gasteiger partial charge in [-0.05, 0) is 49.8 Å². The van der Waals surface area contributed by atoms with Crippen molar-refractivity contribution in [3.63, 3.8) is 0 Å². The average Bonchev–Trinajstić information content (AvgIpc) is 2.87. The van der Waals surface area contributed by atoms with E-state index in [2.05, 4.69) is 0 Å². The number of fused-ring (bicyclic) bond motifs is 5. The van der Waals surface area contributed by atoms with Crippen LogP contribution in [0.2, 0.25) is 0 Å². The van der Waals surface area contributed by atoms with Crippen molar-refractivity contribution >= 4 is 17.7 Å². The van der Waals surface area contributed by atoms with Gasteiger partial charge >= 0.3 is 11.9 Å². The monoisotopic (exact) mass is 438 g/mol. The number of ketones is 1. The topological polar surface area (TPSA) is 101 Å². The molecule has 0 saturated heterocycles. The number of halogens is 2. The van der Waals surface area contributed by atoms with Gasteiger partial charge in [0.2, 0.25) is 5.60 Å². The summed E-state index contributed by atoms with van der Waals surface area (Å²) in [6, 6.07) is 0. The Hall–Kier alpha value is -2.09. The molecule has 0 aromatic heterocycles. The molecule has 0 bridgehead atoms. The number of carboxylic acid groups (broad SMARTS) is 1. The maximum absolute atomic E-state index is 17.0. The second-order valence-corrected chi connectivity index (χ2v) is 10.1. The van der Waals surface area contributed by atoms with Crippen molar-refractivity contribution in [1.29, 1.82) is 0 Å². The highest BCUT2D eigenvalue weighted by Crippen LogP contribution is 2.71. The summed E-state index contributed by atoms with van der Waals surface area (Å²) in [4.78, 5) is 36.2. The Kier molecular flexibility index (Phi) is 4.61. The Balaban J connectivity index is 1.89. The molecule has 8 heteroatoms. The number of aliphatic carboxylic acids is 1. The van der Waals surface area contributed by atoms with Gasteiger partial charge < -0.3 is 14.9 Å². The number of hydrogen-bond donors (Lipinski definition) is 2. The van der Waals surface area contributed by atoms with Gasteiger partial charge in [-0.2, -0.15) is 0 Å². The molecule has 2 N–H and O–H groups in total. The smallest absolute Gasteiger partial charge is 0.349 e. The molecule has 3 saturated carbocycles. The van der Waals surface area contributed by atoms with E-state index in [-0.39, 0.29) is 24.8 Å². The second kappa shape index (κ2) is 6.47. The summed E-state index contributed by atoms with van der Waals surface area (Å²) < 4.78 is 37.8. The number of alkyl halides is 2. The van der Waals surface area contributed by atoms with Crippen molar-refractivity contribution in [2.45, 2.75) is 70.5 Å². The third-order valence-corrected chi connectivity index (χ3v) is 8.79. The van der Waals surface area contributed by atoms with Crippen molar-refractivity contribution in [3.8, 4) is 0 Å². The predicted octanol–water partition coefficient (Wildman–Crippen LogP) is 2.94. The molecule has 0 spiro atoms. The SMILES string of the molecule is CC(=O)O[C@]1(C(=O)O)[C@H](C)CC2C3C[C@H](F)C4=CC(=O)C=CC4(C)[C@@]3(F)C(O)CC21C. The molecule has 3 fully saturated rings. The van der Waals surface area contributed by atoms with Crippen molar-refractivity contribution in [2.75, 3.05) is 0 Å². The van der Waals surface area contributed by atoms with Crippen LogP contribution >= 0.6 is 0 Å². The molecule has 31 heavy (non-hydrogen) atoms. The molecule has 0 radical (unpaired) electrons. The number of carbonyl (C=O) groups excluding carboxylic acids is 2. The molecule has 4 aliphatic carbocycles. The lowest BCUT2D eigenvalue weighted by Crippen LogP contribution is -2.70. The minimum atomic E-state index is -2.30. The van der Waals surface area contributed by atoms with Gasteiger partial charge in [-0.25, -0.2) is 13.6 Å². The van der Waals surface area contributed by atoms with Crippen LogP contribution in [0, 0.1) is 28.6 Å². The van der Waals surface area contributed by atoms with E-state index in [1.54, 1.807) is 13.8 Å². The minimum Gasteiger partial charge on any atom is -0.478 e. The van der Waals surface area contributed by atoms with Crippen LogP contribution < -0.4 is 0 Å². The molecule has 5 unspecified atom stereocenters. The zero-order valence-corrected chi connectivity index (χ0v) is 18.0. The summed E-state index contributed by atoms with van der Waals surface area (Å²) in [5, 5.41) is 21.4. The number of aliphatic hydroxyl groups is 1. The third kappa shape index (κ3) is 2.42. The van der Waals surface area contributed by atoms with Gasteiger partial charge in [0, 0.05) is 29.6 Å². The maximum Gasteiger partial charge on any atom is 0.349 e. The van der Waals surface area contributed by atoms with Gasteiger partial charge in [-0.15, -0.1) is 0 Å². The molecule has 4 aliphatic rings. The number of carbonyl (C=O) groups is 3. The van der Waals surface area contributed by atoms with Crippen molar-refractivity contribution in [2.24, 2.45) is 28.6 Å². The molecule has 0 aliphatic heterocycles. The largest absolute Gasteiger partial charge is 0.478 e. The van der Waals surface area contributed by atoms with Crippen molar-refractivity contribution in [3.05, 3.63) is 23.8 Å². The van der Waals surface area contributed by atoms with Crippen molar-refractivity contribution < 1.29 is 38.1 Å². The zero-order chi connectivity index (χ0) is 23.1. The zero-order valence-electron chi connectivity index (χ0n) is 18.0. The second-order valence-electron chi connectivity index (χ2n) is 10.1. The van der Waals surface area contributed by atoms with Gasteiger partial charge in [-0.3, -0.25) is 9.59 Å². The first-order valence-corrected chi connectivity index (χ1v) is 10.6. The Morgan fingerprint density at radius 2 is 1.87 bits per heavy atom. The summed E-state index contributed by atoms with van der Waals surface area (Å²) in [6.07, 6.45) is 0.0600. The standard InChI is InChI=1S/C23H28F2O6/c1-11-7-14-15-9-17(24)16-8-13(27)5-6-20(16,3)22(15,25)18(28)10-21(14,4)23(11,19(29)30)31-12(2)26/h5-6,8,11,14-15,17-18,28H,7,9-10H2,1-4H3,(H,29,30)/t11-,14?,15?,17+,18?,20?,21?,22+,23+/m1/s1. The molecule has 9 atom stereocenters. The third-order valence-electron chi connectivity index (χ3n) is 8.79. The molecule has 6 nitrogen and oxygen atoms in total. The summed E-state index contributed by atoms with van der Waals surface area (Å²) in [7, 11) is 0. The normalized spacial score (nSPS) is 50.7. The molecular formula is C23H28F2O6. The van der Waals surface area contributed by atoms with E-state index in [0.29, 0.717) is 0 Å². The van der Waals surface area contributed by atoms with Crippen LogP contribution in [0.15, 0.2) is 23.8 Å². The van der Waals surface area contributed by atoms with Gasteiger partial charge in [0.15, 0.2) is 11.5 Å². The Morgan fingerprint density at radius 1 is 1.23 bits per heavy atom. The number of allylic oxidation sites excluding steroid dienone is 4. The van der Waals surface area contributed by atoms with Crippen LogP contribution in [0.5, 0.6) is 0 Å². The number of hydrogen-bond acceptors (Lipinski definition) is 5. The van der Waals surface area contributed by atoms with Crippen LogP contribution in [0.3, 0.4) is 0 Å². The van der Waals surface area contributed by atoms with E-state index in [9.17, 15) is 24.6 Å². The maximum atomic E-state index is 17.0. The van der Waals surface area contributed by atoms with E-state index < -0.39 is 69.9 Å². The van der Waals surface area contributed by atoms with Crippen LogP contribution in [0.1, 0.15) is 47.0 Å². The first kappa shape index (κ1) is 22.1. The Labute approximate surface area is 179 Å². The lowest BCUT2D eigenvalue weighted by atomic mass is 9.44. The molecule has 0 aromatic rings. The lowest BCUT2D eigenvalue weighted by molar-refractivity contribution is -0.236. The molecule has 4 rings (SSSR count). The average molecular weight is 438 g/mol. The van der Waals surface area contributed by atoms with Gasteiger partial charge in [0.25, 0.3) is 0 Å². The number of rotatable bonds is 2. The fourth-order valence-electron chi connectivity index (χ4n) is 7.47. The summed E-state index contributed by atoms with van der Waals surface area (Å²) >= 11 is 0. The fraction of sp³-hybridized carbons (Fsp3) is 0.696. The van der Waals surface area contributed by atoms with Gasteiger partial charge in [0.1, 0.15) is 6.17 Å². The summed E-state index contributed by atoms with van der Waals surface area (Å²) in [6.45, 7) is 5.84. The highest BCUT2D eigenvalue weighted by molar-refractivity contribution is 6.01. The highest BCUT2D eigenvalue weighted by Gasteiger charge is 2.78. The Morgan fingerprint density at radius 3 is 2.45 bits per heavy atom. The number of esters is 1. The van der Waals surface area contributed by atoms with Crippen LogP contribution in [-0.2, 0) is 19.1 Å². The fourth-order valence-corrected chi connectivity index (χ4v) is 7.47. The van der Waals surface area contributed by atoms with Gasteiger partial charge in [-0.1, -0.05) is 19.9 Å². The molecule has 0 amide bonds. The highest BCUT2D eigenvalue weighted by atomic mass is 19.1. The van der Waals surface area contributed by atoms with E-state index in [1.807, 2.05) is 0 Å². The van der Waals surface area contributed by atoms with E-state index in [0.717, 1.165) is 13.0 Å². The van der Waals surface area contributed by atoms with E-state index in [4.69, 9.17) is 4.74 Å². The first-order valence-electron chi connectivity index (χ1n) is 10.6. The summed E-state index contributed by atoms with van der Waals surface area (Å²) in [5.41, 5.74) is -7.07. The van der Waals surface area contributed by atoms with Crippen LogP contribution in [0.25, 0.3) is 0 Å². The van der Waals surface area contributed by atoms with E-state index >= 15 is 8.78 Å². The molecule has 0 aromatic carbocycles. The minimum absolute atomic E-state index is 0.0110. The van der Waals surface area contributed by atoms with Crippen LogP contribution in [0.4, 0.5) is 8.78 Å². The first-order chi connectivity index (χ1) is 14.3. The van der Waals surface area contributed by atoms with Gasteiger partial charge in [0.05, 0.1) is 6.10 Å². The molecule has 0 heterocycles. The number of carboxylic acids is 1. The summed E-state index contributed by atoms with van der Waals surface area (Å²) in [5.74, 6) is -4.88.